The average Bonchev–Trinajstić information content (AvgIpc) is 2.77. The summed E-state index contributed by atoms with van der Waals surface area (Å²) in [4.78, 5) is 0. The van der Waals surface area contributed by atoms with E-state index in [1.54, 1.807) is 0 Å². The minimum Gasteiger partial charge on any atom is -0.314 e. The van der Waals surface area contributed by atoms with Gasteiger partial charge in [-0.1, -0.05) is 32.9 Å². The monoisotopic (exact) mass is 252 g/mol. The zero-order chi connectivity index (χ0) is 13.4. The molecule has 1 heterocycles. The van der Waals surface area contributed by atoms with E-state index in [2.05, 4.69) is 43.3 Å². The Bertz CT molecular complexity index is 319. The number of aryl methyl sites for hydroxylation is 2. The van der Waals surface area contributed by atoms with Gasteiger partial charge in [0.1, 0.15) is 0 Å². The van der Waals surface area contributed by atoms with Crippen LogP contribution >= 0.6 is 0 Å². The lowest BCUT2D eigenvalue weighted by atomic mass is 9.98. The van der Waals surface area contributed by atoms with Crippen molar-refractivity contribution < 1.29 is 0 Å². The minimum absolute atomic E-state index is 0.593. The van der Waals surface area contributed by atoms with E-state index >= 15 is 0 Å². The summed E-state index contributed by atoms with van der Waals surface area (Å²) >= 11 is 0. The number of nitrogens with zero attached hydrogens (tertiary/aromatic N) is 3. The van der Waals surface area contributed by atoms with Gasteiger partial charge in [-0.3, -0.25) is 0 Å². The second kappa shape index (κ2) is 8.25. The van der Waals surface area contributed by atoms with Gasteiger partial charge in [0.05, 0.1) is 11.9 Å². The van der Waals surface area contributed by atoms with Crippen molar-refractivity contribution in [2.75, 3.05) is 6.54 Å². The second-order valence-corrected chi connectivity index (χ2v) is 5.29. The number of rotatable bonds is 9. The van der Waals surface area contributed by atoms with E-state index in [4.69, 9.17) is 0 Å². The Balaban J connectivity index is 2.47. The van der Waals surface area contributed by atoms with Gasteiger partial charge in [-0.05, 0) is 38.1 Å². The van der Waals surface area contributed by atoms with Crippen LogP contribution in [-0.4, -0.2) is 27.6 Å². The summed E-state index contributed by atoms with van der Waals surface area (Å²) in [6.45, 7) is 11.0. The Morgan fingerprint density at radius 3 is 2.67 bits per heavy atom. The van der Waals surface area contributed by atoms with Crippen LogP contribution in [0.5, 0.6) is 0 Å². The van der Waals surface area contributed by atoms with Crippen LogP contribution in [0, 0.1) is 5.92 Å². The summed E-state index contributed by atoms with van der Waals surface area (Å²) < 4.78 is 2.04. The van der Waals surface area contributed by atoms with E-state index in [0.29, 0.717) is 12.0 Å². The highest BCUT2D eigenvalue weighted by Crippen LogP contribution is 2.11. The third-order valence-electron chi connectivity index (χ3n) is 3.31. The van der Waals surface area contributed by atoms with Gasteiger partial charge in [0.15, 0.2) is 0 Å². The van der Waals surface area contributed by atoms with Crippen LogP contribution in [0.3, 0.4) is 0 Å². The van der Waals surface area contributed by atoms with Gasteiger partial charge in [0.2, 0.25) is 0 Å². The van der Waals surface area contributed by atoms with Crippen molar-refractivity contribution in [1.82, 2.24) is 20.3 Å². The smallest absolute Gasteiger partial charge is 0.0725 e. The molecule has 1 atom stereocenters. The average molecular weight is 252 g/mol. The van der Waals surface area contributed by atoms with E-state index in [0.717, 1.165) is 32.4 Å². The number of hydrogen-bond donors (Lipinski definition) is 1. The van der Waals surface area contributed by atoms with Crippen LogP contribution in [0.1, 0.15) is 52.7 Å². The van der Waals surface area contributed by atoms with Crippen LogP contribution in [0.4, 0.5) is 0 Å². The zero-order valence-corrected chi connectivity index (χ0v) is 12.3. The maximum atomic E-state index is 4.14. The molecule has 0 spiro atoms. The summed E-state index contributed by atoms with van der Waals surface area (Å²) in [6.07, 6.45) is 6.44. The second-order valence-electron chi connectivity index (χ2n) is 5.29. The fraction of sp³-hybridized carbons (Fsp3) is 0.857. The predicted molar refractivity (Wildman–Crippen MR) is 75.6 cm³/mol. The highest BCUT2D eigenvalue weighted by atomic mass is 15.4. The summed E-state index contributed by atoms with van der Waals surface area (Å²) in [5.41, 5.74) is 1.26. The van der Waals surface area contributed by atoms with Gasteiger partial charge >= 0.3 is 0 Å². The number of hydrogen-bond acceptors (Lipinski definition) is 3. The van der Waals surface area contributed by atoms with Gasteiger partial charge < -0.3 is 5.32 Å². The third-order valence-corrected chi connectivity index (χ3v) is 3.31. The van der Waals surface area contributed by atoms with Crippen molar-refractivity contribution in [3.63, 3.8) is 0 Å². The molecule has 18 heavy (non-hydrogen) atoms. The molecule has 0 aliphatic rings. The molecule has 104 valence electrons. The molecule has 1 aromatic heterocycles. The molecular formula is C14H28N4. The van der Waals surface area contributed by atoms with Crippen molar-refractivity contribution in [3.8, 4) is 0 Å². The fourth-order valence-electron chi connectivity index (χ4n) is 2.18. The lowest BCUT2D eigenvalue weighted by Crippen LogP contribution is -2.35. The Morgan fingerprint density at radius 1 is 1.28 bits per heavy atom. The fourth-order valence-corrected chi connectivity index (χ4v) is 2.18. The molecule has 0 aliphatic heterocycles. The van der Waals surface area contributed by atoms with Crippen molar-refractivity contribution in [3.05, 3.63) is 11.9 Å². The first-order valence-corrected chi connectivity index (χ1v) is 7.29. The molecule has 1 rings (SSSR count). The van der Waals surface area contributed by atoms with E-state index in [1.807, 2.05) is 10.9 Å². The normalized spacial score (nSPS) is 13.2. The molecular weight excluding hydrogens is 224 g/mol. The molecule has 0 aliphatic carbocycles. The molecule has 0 radical (unpaired) electrons. The lowest BCUT2D eigenvalue weighted by Gasteiger charge is -2.22. The Morgan fingerprint density at radius 2 is 2.06 bits per heavy atom. The largest absolute Gasteiger partial charge is 0.314 e. The topological polar surface area (TPSA) is 42.7 Å². The SMILES string of the molecule is CCCNC(CCc1cnnn1CCC)C(C)C. The summed E-state index contributed by atoms with van der Waals surface area (Å²) in [7, 11) is 0. The number of aromatic nitrogens is 3. The quantitative estimate of drug-likeness (QED) is 0.734. The first-order chi connectivity index (χ1) is 8.69. The predicted octanol–water partition coefficient (Wildman–Crippen LogP) is 2.64. The highest BCUT2D eigenvalue weighted by molar-refractivity contribution is 4.95. The Labute approximate surface area is 111 Å². The van der Waals surface area contributed by atoms with E-state index < -0.39 is 0 Å². The van der Waals surface area contributed by atoms with E-state index in [-0.39, 0.29) is 0 Å². The van der Waals surface area contributed by atoms with Gasteiger partial charge in [-0.2, -0.15) is 0 Å². The van der Waals surface area contributed by atoms with Crippen LogP contribution in [-0.2, 0) is 13.0 Å². The molecule has 1 aromatic rings. The first kappa shape index (κ1) is 15.2. The molecule has 0 aromatic carbocycles. The Hall–Kier alpha value is -0.900. The van der Waals surface area contributed by atoms with Gasteiger partial charge in [-0.25, -0.2) is 4.68 Å². The molecule has 1 unspecified atom stereocenters. The third kappa shape index (κ3) is 4.77. The molecule has 0 amide bonds. The Kier molecular flexibility index (Phi) is 6.94. The highest BCUT2D eigenvalue weighted by Gasteiger charge is 2.13. The summed E-state index contributed by atoms with van der Waals surface area (Å²) in [6, 6.07) is 0.593. The molecule has 0 fully saturated rings. The minimum atomic E-state index is 0.593. The van der Waals surface area contributed by atoms with E-state index in [9.17, 15) is 0 Å². The van der Waals surface area contributed by atoms with Gasteiger partial charge in [-0.15, -0.1) is 5.10 Å². The van der Waals surface area contributed by atoms with Crippen molar-refractivity contribution >= 4 is 0 Å². The molecule has 0 saturated carbocycles. The molecule has 0 bridgehead atoms. The molecule has 4 nitrogen and oxygen atoms in total. The van der Waals surface area contributed by atoms with Crippen LogP contribution in [0.15, 0.2) is 6.20 Å². The lowest BCUT2D eigenvalue weighted by molar-refractivity contribution is 0.374. The summed E-state index contributed by atoms with van der Waals surface area (Å²) in [5.74, 6) is 0.673. The molecule has 4 heteroatoms. The van der Waals surface area contributed by atoms with Crippen molar-refractivity contribution in [2.24, 2.45) is 5.92 Å². The van der Waals surface area contributed by atoms with Crippen LogP contribution in [0.25, 0.3) is 0 Å². The van der Waals surface area contributed by atoms with Crippen molar-refractivity contribution in [1.29, 1.82) is 0 Å². The van der Waals surface area contributed by atoms with Crippen molar-refractivity contribution in [2.45, 2.75) is 66.0 Å². The zero-order valence-electron chi connectivity index (χ0n) is 12.3. The number of nitrogens with one attached hydrogen (secondary N) is 1. The van der Waals surface area contributed by atoms with Crippen LogP contribution < -0.4 is 5.32 Å². The van der Waals surface area contributed by atoms with Crippen LogP contribution in [0.2, 0.25) is 0 Å². The first-order valence-electron chi connectivity index (χ1n) is 7.29. The van der Waals surface area contributed by atoms with E-state index in [1.165, 1.54) is 12.1 Å². The standard InChI is InChI=1S/C14H28N4/c1-5-9-15-14(12(3)4)8-7-13-11-16-17-18(13)10-6-2/h11-12,14-15H,5-10H2,1-4H3. The van der Waals surface area contributed by atoms with Gasteiger partial charge in [0.25, 0.3) is 0 Å². The maximum absolute atomic E-state index is 4.14. The molecule has 0 saturated heterocycles. The summed E-state index contributed by atoms with van der Waals surface area (Å²) in [5, 5.41) is 11.8. The maximum Gasteiger partial charge on any atom is 0.0725 e. The van der Waals surface area contributed by atoms with Gasteiger partial charge in [0, 0.05) is 12.6 Å². The molecule has 1 N–H and O–H groups in total.